The lowest BCUT2D eigenvalue weighted by Crippen LogP contribution is -2.44. The Morgan fingerprint density at radius 2 is 0.541 bits per heavy atom. The Bertz CT molecular complexity index is 1380. The minimum Gasteiger partial charge on any atom is -0.465 e. The van der Waals surface area contributed by atoms with Crippen molar-refractivity contribution < 1.29 is 38.1 Å². The molecule has 0 aromatic heterocycles. The average molecular weight is 1200 g/mol. The molecular formula is C77H146O8. The van der Waals surface area contributed by atoms with Crippen LogP contribution >= 0.6 is 0 Å². The predicted molar refractivity (Wildman–Crippen MR) is 362 cm³/mol. The lowest BCUT2D eigenvalue weighted by molar-refractivity contribution is -0.173. The summed E-state index contributed by atoms with van der Waals surface area (Å²) in [5, 5.41) is 0. The fourth-order valence-corrected chi connectivity index (χ4v) is 12.7. The molecule has 0 aromatic carbocycles. The SMILES string of the molecule is CCCCCCCCCCCCCCCCCC(=O)OCC(COC(=O)CCCCCCCCCCCCCCCCC)(COC(=O)C(C)CCCCCCCCCCCCCCC)COC(=O)C1CCCCCCCCCCCCCCCC1. The summed E-state index contributed by atoms with van der Waals surface area (Å²) in [6, 6.07) is 0. The van der Waals surface area contributed by atoms with E-state index in [2.05, 4.69) is 20.8 Å². The van der Waals surface area contributed by atoms with E-state index in [0.717, 1.165) is 96.3 Å². The van der Waals surface area contributed by atoms with Gasteiger partial charge in [0, 0.05) is 12.8 Å². The summed E-state index contributed by atoms with van der Waals surface area (Å²) in [6.07, 6.45) is 74.2. The van der Waals surface area contributed by atoms with Gasteiger partial charge in [-0.2, -0.15) is 0 Å². The van der Waals surface area contributed by atoms with Crippen molar-refractivity contribution in [1.29, 1.82) is 0 Å². The van der Waals surface area contributed by atoms with Gasteiger partial charge in [0.25, 0.3) is 0 Å². The van der Waals surface area contributed by atoms with Crippen LogP contribution in [0.5, 0.6) is 0 Å². The zero-order chi connectivity index (χ0) is 61.5. The van der Waals surface area contributed by atoms with E-state index in [1.165, 1.54) is 289 Å². The first-order chi connectivity index (χ1) is 41.8. The number of esters is 4. The van der Waals surface area contributed by atoms with Gasteiger partial charge in [0.05, 0.1) is 11.8 Å². The highest BCUT2D eigenvalue weighted by Gasteiger charge is 2.39. The van der Waals surface area contributed by atoms with Gasteiger partial charge < -0.3 is 18.9 Å². The van der Waals surface area contributed by atoms with E-state index in [-0.39, 0.29) is 62.1 Å². The molecule has 0 aliphatic heterocycles. The van der Waals surface area contributed by atoms with Crippen molar-refractivity contribution in [2.45, 2.75) is 426 Å². The molecule has 8 nitrogen and oxygen atoms in total. The highest BCUT2D eigenvalue weighted by molar-refractivity contribution is 5.73. The van der Waals surface area contributed by atoms with Gasteiger partial charge in [-0.15, -0.1) is 0 Å². The molecule has 1 atom stereocenters. The zero-order valence-electron chi connectivity index (χ0n) is 57.6. The van der Waals surface area contributed by atoms with Crippen molar-refractivity contribution in [2.75, 3.05) is 26.4 Å². The second-order valence-corrected chi connectivity index (χ2v) is 27.6. The van der Waals surface area contributed by atoms with E-state index >= 15 is 0 Å². The van der Waals surface area contributed by atoms with Gasteiger partial charge >= 0.3 is 23.9 Å². The Morgan fingerprint density at radius 3 is 0.835 bits per heavy atom. The van der Waals surface area contributed by atoms with E-state index in [0.29, 0.717) is 12.8 Å². The van der Waals surface area contributed by atoms with Crippen LogP contribution in [0.2, 0.25) is 0 Å². The third-order valence-electron chi connectivity index (χ3n) is 18.9. The fourth-order valence-electron chi connectivity index (χ4n) is 12.7. The Kier molecular flexibility index (Phi) is 60.4. The van der Waals surface area contributed by atoms with E-state index in [1.807, 2.05) is 6.92 Å². The molecule has 0 saturated heterocycles. The lowest BCUT2D eigenvalue weighted by atomic mass is 9.91. The molecule has 0 N–H and O–H groups in total. The van der Waals surface area contributed by atoms with Crippen LogP contribution in [0.1, 0.15) is 426 Å². The molecule has 1 aliphatic rings. The summed E-state index contributed by atoms with van der Waals surface area (Å²) in [4.78, 5) is 55.4. The second-order valence-electron chi connectivity index (χ2n) is 27.6. The standard InChI is InChI=1S/C77H146O8/c1-5-8-11-14-17-20-23-26-28-35-40-45-50-55-60-65-73(78)82-67-77(68-83-74(79)66-61-56-51-46-41-36-29-27-24-21-18-15-12-9-6-2,69-84-75(80)71(4)62-57-52-47-42-37-32-25-22-19-16-13-10-7-3)70-85-76(81)72-63-58-53-48-43-38-33-30-31-34-39-44-49-54-59-64-72/h71-72H,5-70H2,1-4H3. The summed E-state index contributed by atoms with van der Waals surface area (Å²) in [6.45, 7) is 8.15. The van der Waals surface area contributed by atoms with Gasteiger partial charge in [0.15, 0.2) is 0 Å². The first-order valence-electron chi connectivity index (χ1n) is 38.4. The second kappa shape index (κ2) is 63.4. The number of carbonyl (C=O) groups excluding carboxylic acids is 4. The lowest BCUT2D eigenvalue weighted by Gasteiger charge is -2.32. The summed E-state index contributed by atoms with van der Waals surface area (Å²) < 4.78 is 24.7. The van der Waals surface area contributed by atoms with Crippen LogP contribution in [0.4, 0.5) is 0 Å². The highest BCUT2D eigenvalue weighted by Crippen LogP contribution is 2.28. The molecule has 8 heteroatoms. The molecule has 0 aromatic rings. The maximum Gasteiger partial charge on any atom is 0.308 e. The van der Waals surface area contributed by atoms with Crippen LogP contribution in [0, 0.1) is 17.3 Å². The fraction of sp³-hybridized carbons (Fsp3) is 0.948. The predicted octanol–water partition coefficient (Wildman–Crippen LogP) is 24.7. The third kappa shape index (κ3) is 54.5. The maximum atomic E-state index is 14.3. The van der Waals surface area contributed by atoms with Crippen molar-refractivity contribution >= 4 is 23.9 Å². The summed E-state index contributed by atoms with van der Waals surface area (Å²) in [7, 11) is 0. The molecule has 1 unspecified atom stereocenters. The number of ether oxygens (including phenoxy) is 4. The molecule has 1 aliphatic carbocycles. The van der Waals surface area contributed by atoms with E-state index in [1.54, 1.807) is 0 Å². The van der Waals surface area contributed by atoms with Crippen LogP contribution in [0.15, 0.2) is 0 Å². The Balaban J connectivity index is 3.04. The van der Waals surface area contributed by atoms with Gasteiger partial charge in [-0.25, -0.2) is 0 Å². The summed E-state index contributed by atoms with van der Waals surface area (Å²) >= 11 is 0. The number of unbranched alkanes of at least 4 members (excludes halogenated alkanes) is 40. The van der Waals surface area contributed by atoms with Crippen LogP contribution < -0.4 is 0 Å². The summed E-state index contributed by atoms with van der Waals surface area (Å²) in [5.41, 5.74) is -1.23. The molecule has 1 saturated carbocycles. The molecule has 0 radical (unpaired) electrons. The van der Waals surface area contributed by atoms with Gasteiger partial charge in [-0.05, 0) is 32.1 Å². The van der Waals surface area contributed by atoms with Crippen LogP contribution in [-0.4, -0.2) is 50.3 Å². The van der Waals surface area contributed by atoms with Gasteiger partial charge in [-0.3, -0.25) is 19.2 Å². The molecular weight excluding hydrogens is 1050 g/mol. The quantitative estimate of drug-likeness (QED) is 0.0337. The molecule has 0 amide bonds. The minimum atomic E-state index is -1.23. The van der Waals surface area contributed by atoms with Gasteiger partial charge in [0.2, 0.25) is 0 Å². The number of carbonyl (C=O) groups is 4. The monoisotopic (exact) mass is 1200 g/mol. The molecule has 85 heavy (non-hydrogen) atoms. The first kappa shape index (κ1) is 80.9. The number of rotatable bonds is 56. The van der Waals surface area contributed by atoms with Crippen molar-refractivity contribution in [2.24, 2.45) is 17.3 Å². The zero-order valence-corrected chi connectivity index (χ0v) is 57.6. The van der Waals surface area contributed by atoms with E-state index < -0.39 is 5.41 Å². The maximum absolute atomic E-state index is 14.3. The molecule has 1 fully saturated rings. The minimum absolute atomic E-state index is 0.151. The van der Waals surface area contributed by atoms with Crippen LogP contribution in [0.25, 0.3) is 0 Å². The van der Waals surface area contributed by atoms with E-state index in [9.17, 15) is 19.2 Å². The molecule has 502 valence electrons. The molecule has 0 heterocycles. The van der Waals surface area contributed by atoms with Crippen LogP contribution in [0.3, 0.4) is 0 Å². The van der Waals surface area contributed by atoms with Gasteiger partial charge in [0.1, 0.15) is 31.8 Å². The number of hydrogen-bond donors (Lipinski definition) is 0. The highest BCUT2D eigenvalue weighted by atomic mass is 16.6. The van der Waals surface area contributed by atoms with Gasteiger partial charge in [-0.1, -0.05) is 381 Å². The first-order valence-corrected chi connectivity index (χ1v) is 38.4. The average Bonchev–Trinajstić information content (AvgIpc) is 3.70. The molecule has 0 bridgehead atoms. The van der Waals surface area contributed by atoms with Crippen molar-refractivity contribution in [3.05, 3.63) is 0 Å². The largest absolute Gasteiger partial charge is 0.465 e. The topological polar surface area (TPSA) is 105 Å². The third-order valence-corrected chi connectivity index (χ3v) is 18.9. The van der Waals surface area contributed by atoms with Crippen molar-refractivity contribution in [3.8, 4) is 0 Å². The normalized spacial score (nSPS) is 14.9. The Labute approximate surface area is 529 Å². The number of hydrogen-bond acceptors (Lipinski definition) is 8. The smallest absolute Gasteiger partial charge is 0.308 e. The summed E-state index contributed by atoms with van der Waals surface area (Å²) in [5.74, 6) is -1.71. The van der Waals surface area contributed by atoms with Crippen molar-refractivity contribution in [3.63, 3.8) is 0 Å². The molecule has 1 rings (SSSR count). The van der Waals surface area contributed by atoms with Crippen molar-refractivity contribution in [1.82, 2.24) is 0 Å². The Morgan fingerprint density at radius 1 is 0.306 bits per heavy atom. The molecule has 0 spiro atoms. The Hall–Kier alpha value is -2.12. The van der Waals surface area contributed by atoms with E-state index in [4.69, 9.17) is 18.9 Å². The van der Waals surface area contributed by atoms with Crippen LogP contribution in [-0.2, 0) is 38.1 Å².